The van der Waals surface area contributed by atoms with Gasteiger partial charge < -0.3 is 15.6 Å². The zero-order valence-electron chi connectivity index (χ0n) is 14.2. The number of nitrogens with two attached hydrogens (primary N) is 1. The molecule has 1 aromatic carbocycles. The molecule has 1 saturated heterocycles. The van der Waals surface area contributed by atoms with Gasteiger partial charge in [-0.2, -0.15) is 0 Å². The maximum atomic E-state index is 14.0. The molecule has 0 saturated carbocycles. The SMILES string of the molecule is Nc1nc(-c2ccc(CO)c(F)c2)nn2c(CN3CCOCC3)ccc12. The number of ether oxygens (including phenoxy) is 1. The van der Waals surface area contributed by atoms with Crippen molar-refractivity contribution in [2.75, 3.05) is 32.0 Å². The molecule has 0 atom stereocenters. The van der Waals surface area contributed by atoms with E-state index in [0.717, 1.165) is 44.1 Å². The van der Waals surface area contributed by atoms with Crippen LogP contribution in [0.3, 0.4) is 0 Å². The third-order valence-electron chi connectivity index (χ3n) is 4.59. The average molecular weight is 357 g/mol. The van der Waals surface area contributed by atoms with Crippen LogP contribution < -0.4 is 5.73 Å². The number of nitrogen functional groups attached to an aromatic ring is 1. The van der Waals surface area contributed by atoms with Crippen LogP contribution in [-0.2, 0) is 17.9 Å². The predicted octanol–water partition coefficient (Wildman–Crippen LogP) is 1.44. The lowest BCUT2D eigenvalue weighted by atomic mass is 10.1. The molecule has 3 aromatic rings. The fourth-order valence-electron chi connectivity index (χ4n) is 3.12. The Morgan fingerprint density at radius 1 is 1.19 bits per heavy atom. The first-order valence-corrected chi connectivity index (χ1v) is 8.49. The first-order valence-electron chi connectivity index (χ1n) is 8.49. The Morgan fingerprint density at radius 2 is 2.00 bits per heavy atom. The molecule has 0 radical (unpaired) electrons. The van der Waals surface area contributed by atoms with E-state index >= 15 is 0 Å². The summed E-state index contributed by atoms with van der Waals surface area (Å²) in [6.07, 6.45) is 0. The van der Waals surface area contributed by atoms with Gasteiger partial charge in [0, 0.05) is 30.8 Å². The van der Waals surface area contributed by atoms with Crippen molar-refractivity contribution in [3.05, 3.63) is 47.4 Å². The fourth-order valence-corrected chi connectivity index (χ4v) is 3.12. The van der Waals surface area contributed by atoms with Crippen molar-refractivity contribution in [3.8, 4) is 11.4 Å². The number of benzene rings is 1. The Hall–Kier alpha value is -2.55. The number of nitrogens with zero attached hydrogens (tertiary/aromatic N) is 4. The molecule has 26 heavy (non-hydrogen) atoms. The van der Waals surface area contributed by atoms with Gasteiger partial charge >= 0.3 is 0 Å². The van der Waals surface area contributed by atoms with Gasteiger partial charge in [-0.15, -0.1) is 5.10 Å². The summed E-state index contributed by atoms with van der Waals surface area (Å²) in [5.74, 6) is 0.195. The number of anilines is 1. The van der Waals surface area contributed by atoms with E-state index in [1.807, 2.05) is 12.1 Å². The molecule has 8 heteroatoms. The van der Waals surface area contributed by atoms with E-state index in [1.54, 1.807) is 10.6 Å². The van der Waals surface area contributed by atoms with Crippen LogP contribution in [0.1, 0.15) is 11.3 Å². The summed E-state index contributed by atoms with van der Waals surface area (Å²) in [4.78, 5) is 6.60. The Bertz CT molecular complexity index is 937. The van der Waals surface area contributed by atoms with Gasteiger partial charge in [0.2, 0.25) is 0 Å². The average Bonchev–Trinajstić information content (AvgIpc) is 3.06. The van der Waals surface area contributed by atoms with Gasteiger partial charge in [0.15, 0.2) is 11.6 Å². The number of aliphatic hydroxyl groups is 1. The summed E-state index contributed by atoms with van der Waals surface area (Å²) in [6.45, 7) is 3.56. The van der Waals surface area contributed by atoms with E-state index in [1.165, 1.54) is 12.1 Å². The van der Waals surface area contributed by atoms with Gasteiger partial charge in [0.25, 0.3) is 0 Å². The van der Waals surface area contributed by atoms with Crippen molar-refractivity contribution in [2.45, 2.75) is 13.2 Å². The Labute approximate surface area is 149 Å². The second-order valence-corrected chi connectivity index (χ2v) is 6.30. The monoisotopic (exact) mass is 357 g/mol. The first kappa shape index (κ1) is 16.9. The van der Waals surface area contributed by atoms with Gasteiger partial charge in [-0.25, -0.2) is 13.9 Å². The van der Waals surface area contributed by atoms with E-state index in [9.17, 15) is 4.39 Å². The molecule has 1 aliphatic heterocycles. The van der Waals surface area contributed by atoms with E-state index in [0.29, 0.717) is 17.2 Å². The smallest absolute Gasteiger partial charge is 0.182 e. The summed E-state index contributed by atoms with van der Waals surface area (Å²) >= 11 is 0. The zero-order valence-corrected chi connectivity index (χ0v) is 14.2. The van der Waals surface area contributed by atoms with Crippen LogP contribution in [0.5, 0.6) is 0 Å². The summed E-state index contributed by atoms with van der Waals surface area (Å²) in [5, 5.41) is 13.7. The highest BCUT2D eigenvalue weighted by Gasteiger charge is 2.16. The molecule has 2 aromatic heterocycles. The highest BCUT2D eigenvalue weighted by atomic mass is 19.1. The van der Waals surface area contributed by atoms with Crippen molar-refractivity contribution in [3.63, 3.8) is 0 Å². The zero-order chi connectivity index (χ0) is 18.1. The Kier molecular flexibility index (Phi) is 4.54. The number of hydrogen-bond donors (Lipinski definition) is 2. The quantitative estimate of drug-likeness (QED) is 0.735. The molecule has 0 aliphatic carbocycles. The van der Waals surface area contributed by atoms with Crippen LogP contribution in [0, 0.1) is 5.82 Å². The molecular formula is C18H20FN5O2. The topological polar surface area (TPSA) is 88.9 Å². The summed E-state index contributed by atoms with van der Waals surface area (Å²) in [6, 6.07) is 8.40. The molecule has 0 bridgehead atoms. The lowest BCUT2D eigenvalue weighted by molar-refractivity contribution is 0.0334. The maximum Gasteiger partial charge on any atom is 0.182 e. The maximum absolute atomic E-state index is 14.0. The molecule has 0 spiro atoms. The van der Waals surface area contributed by atoms with Gasteiger partial charge in [0.1, 0.15) is 11.3 Å². The van der Waals surface area contributed by atoms with Crippen LogP contribution in [0.4, 0.5) is 10.2 Å². The Morgan fingerprint density at radius 3 is 2.73 bits per heavy atom. The van der Waals surface area contributed by atoms with Gasteiger partial charge in [-0.3, -0.25) is 4.90 Å². The second kappa shape index (κ2) is 6.99. The molecule has 1 aliphatic rings. The van der Waals surface area contributed by atoms with E-state index in [-0.39, 0.29) is 12.2 Å². The molecule has 3 N–H and O–H groups in total. The van der Waals surface area contributed by atoms with Gasteiger partial charge in [-0.1, -0.05) is 12.1 Å². The molecule has 7 nitrogen and oxygen atoms in total. The van der Waals surface area contributed by atoms with E-state index in [2.05, 4.69) is 15.0 Å². The summed E-state index contributed by atoms with van der Waals surface area (Å²) < 4.78 is 21.2. The van der Waals surface area contributed by atoms with E-state index < -0.39 is 5.82 Å². The van der Waals surface area contributed by atoms with E-state index in [4.69, 9.17) is 15.6 Å². The van der Waals surface area contributed by atoms with Crippen LogP contribution >= 0.6 is 0 Å². The lowest BCUT2D eigenvalue weighted by Gasteiger charge is -2.26. The van der Waals surface area contributed by atoms with Gasteiger partial charge in [0.05, 0.1) is 25.5 Å². The molecule has 0 unspecified atom stereocenters. The predicted molar refractivity (Wildman–Crippen MR) is 94.8 cm³/mol. The molecule has 136 valence electrons. The highest BCUT2D eigenvalue weighted by Crippen LogP contribution is 2.23. The van der Waals surface area contributed by atoms with Crippen molar-refractivity contribution in [2.24, 2.45) is 0 Å². The number of aromatic nitrogens is 3. The number of morpholine rings is 1. The summed E-state index contributed by atoms with van der Waals surface area (Å²) in [7, 11) is 0. The van der Waals surface area contributed by atoms with Crippen molar-refractivity contribution < 1.29 is 14.2 Å². The summed E-state index contributed by atoms with van der Waals surface area (Å²) in [5.41, 5.74) is 8.56. The molecular weight excluding hydrogens is 337 g/mol. The molecule has 4 rings (SSSR count). The molecule has 0 amide bonds. The van der Waals surface area contributed by atoms with Gasteiger partial charge in [-0.05, 0) is 18.2 Å². The normalized spacial score (nSPS) is 15.6. The number of rotatable bonds is 4. The lowest BCUT2D eigenvalue weighted by Crippen LogP contribution is -2.36. The number of halogens is 1. The minimum Gasteiger partial charge on any atom is -0.392 e. The highest BCUT2D eigenvalue weighted by molar-refractivity contribution is 5.69. The first-order chi connectivity index (χ1) is 12.7. The minimum absolute atomic E-state index is 0.233. The van der Waals surface area contributed by atoms with Crippen LogP contribution in [0.25, 0.3) is 16.9 Å². The molecule has 1 fully saturated rings. The van der Waals surface area contributed by atoms with Crippen molar-refractivity contribution in [1.29, 1.82) is 0 Å². The van der Waals surface area contributed by atoms with Crippen molar-refractivity contribution >= 4 is 11.3 Å². The third-order valence-corrected chi connectivity index (χ3v) is 4.59. The standard InChI is InChI=1S/C18H20FN5O2/c19-15-9-12(1-2-13(15)11-25)18-21-17(20)16-4-3-14(24(16)22-18)10-23-5-7-26-8-6-23/h1-4,9,25H,5-8,10-11H2,(H2,20,21,22). The van der Waals surface area contributed by atoms with Crippen LogP contribution in [0.2, 0.25) is 0 Å². The fraction of sp³-hybridized carbons (Fsp3) is 0.333. The van der Waals surface area contributed by atoms with Crippen LogP contribution in [0.15, 0.2) is 30.3 Å². The number of fused-ring (bicyclic) bond motifs is 1. The molecule has 3 heterocycles. The number of hydrogen-bond acceptors (Lipinski definition) is 6. The van der Waals surface area contributed by atoms with Crippen molar-refractivity contribution in [1.82, 2.24) is 19.5 Å². The minimum atomic E-state index is -0.492. The number of aliphatic hydroxyl groups excluding tert-OH is 1. The van der Waals surface area contributed by atoms with Crippen LogP contribution in [-0.4, -0.2) is 50.9 Å². The largest absolute Gasteiger partial charge is 0.392 e. The third kappa shape index (κ3) is 3.14. The second-order valence-electron chi connectivity index (χ2n) is 6.30. The Balaban J connectivity index is 1.72.